The highest BCUT2D eigenvalue weighted by Gasteiger charge is 2.45. The van der Waals surface area contributed by atoms with Crippen LogP contribution in [0.1, 0.15) is 55.3 Å². The summed E-state index contributed by atoms with van der Waals surface area (Å²) in [6.45, 7) is 4.63. The van der Waals surface area contributed by atoms with Crippen molar-refractivity contribution in [2.24, 2.45) is 11.7 Å². The molecule has 9 nitrogen and oxygen atoms in total. The molecule has 0 radical (unpaired) electrons. The molecule has 2 atom stereocenters. The quantitative estimate of drug-likeness (QED) is 0.527. The molecule has 38 heavy (non-hydrogen) atoms. The van der Waals surface area contributed by atoms with Gasteiger partial charge >= 0.3 is 0 Å². The molecule has 0 bridgehead atoms. The number of ether oxygens (including phenoxy) is 1. The molecule has 3 N–H and O–H groups in total. The van der Waals surface area contributed by atoms with Crippen molar-refractivity contribution in [3.8, 4) is 0 Å². The fraction of sp³-hybridized carbons (Fsp3) is 0.679. The first-order valence-corrected chi connectivity index (χ1v) is 14.1. The number of morpholine rings is 1. The lowest BCUT2D eigenvalue weighted by Crippen LogP contribution is -2.50. The molecule has 2 saturated carbocycles. The summed E-state index contributed by atoms with van der Waals surface area (Å²) in [6.07, 6.45) is 5.55. The minimum atomic E-state index is -0.689. The molecule has 4 fully saturated rings. The van der Waals surface area contributed by atoms with Gasteiger partial charge in [0.05, 0.1) is 19.3 Å². The molecule has 2 saturated heterocycles. The number of benzene rings is 1. The van der Waals surface area contributed by atoms with Crippen LogP contribution in [0.3, 0.4) is 0 Å². The van der Waals surface area contributed by atoms with Gasteiger partial charge in [0.1, 0.15) is 11.9 Å². The third kappa shape index (κ3) is 6.52. The van der Waals surface area contributed by atoms with Crippen molar-refractivity contribution in [3.63, 3.8) is 0 Å². The molecular weight excluding hydrogens is 489 g/mol. The van der Waals surface area contributed by atoms with Gasteiger partial charge in [0.2, 0.25) is 11.8 Å². The standard InChI is InChI=1S/C28H40FN5O4/c29-21-5-3-20(4-6-21)28(37)34-18-24(17-25(34)26(35)31-23-9-7-22(30)8-10-23)33(27(36)19-1-2-19)12-11-32-13-15-38-16-14-32/h3-6,19,22-25H,1-2,7-18,30H2,(H,31,35). The molecular formula is C28H40FN5O4. The van der Waals surface area contributed by atoms with E-state index < -0.39 is 11.9 Å². The van der Waals surface area contributed by atoms with E-state index in [2.05, 4.69) is 10.2 Å². The number of carbonyl (C=O) groups excluding carboxylic acids is 3. The van der Waals surface area contributed by atoms with Gasteiger partial charge in [0.25, 0.3) is 5.91 Å². The molecule has 1 aromatic carbocycles. The number of amides is 3. The van der Waals surface area contributed by atoms with Gasteiger partial charge in [-0.2, -0.15) is 0 Å². The maximum Gasteiger partial charge on any atom is 0.254 e. The lowest BCUT2D eigenvalue weighted by Gasteiger charge is -2.33. The van der Waals surface area contributed by atoms with E-state index in [1.165, 1.54) is 24.3 Å². The second-order valence-corrected chi connectivity index (χ2v) is 11.2. The van der Waals surface area contributed by atoms with Gasteiger partial charge in [-0.3, -0.25) is 19.3 Å². The molecule has 5 rings (SSSR count). The van der Waals surface area contributed by atoms with Crippen molar-refractivity contribution in [1.82, 2.24) is 20.0 Å². The monoisotopic (exact) mass is 529 g/mol. The lowest BCUT2D eigenvalue weighted by atomic mass is 9.91. The van der Waals surface area contributed by atoms with E-state index in [9.17, 15) is 18.8 Å². The second kappa shape index (κ2) is 12.1. The maximum absolute atomic E-state index is 13.6. The van der Waals surface area contributed by atoms with Crippen LogP contribution in [0.15, 0.2) is 24.3 Å². The van der Waals surface area contributed by atoms with Crippen LogP contribution in [-0.4, -0.2) is 103 Å². The zero-order valence-electron chi connectivity index (χ0n) is 22.0. The molecule has 3 amide bonds. The molecule has 2 aliphatic carbocycles. The number of hydrogen-bond acceptors (Lipinski definition) is 6. The smallest absolute Gasteiger partial charge is 0.254 e. The second-order valence-electron chi connectivity index (χ2n) is 11.2. The molecule has 2 aliphatic heterocycles. The van der Waals surface area contributed by atoms with E-state index in [1.807, 2.05) is 4.90 Å². The Balaban J connectivity index is 1.33. The van der Waals surface area contributed by atoms with Crippen molar-refractivity contribution >= 4 is 17.7 Å². The highest BCUT2D eigenvalue weighted by atomic mass is 19.1. The van der Waals surface area contributed by atoms with E-state index in [1.54, 1.807) is 4.90 Å². The molecule has 1 aromatic rings. The van der Waals surface area contributed by atoms with Gasteiger partial charge < -0.3 is 25.6 Å². The summed E-state index contributed by atoms with van der Waals surface area (Å²) in [4.78, 5) is 46.3. The molecule has 0 spiro atoms. The van der Waals surface area contributed by atoms with Crippen molar-refractivity contribution in [1.29, 1.82) is 0 Å². The van der Waals surface area contributed by atoms with E-state index in [0.29, 0.717) is 31.7 Å². The third-order valence-corrected chi connectivity index (χ3v) is 8.46. The van der Waals surface area contributed by atoms with Gasteiger partial charge in [0, 0.05) is 56.3 Å². The predicted octanol–water partition coefficient (Wildman–Crippen LogP) is 1.37. The van der Waals surface area contributed by atoms with Crippen LogP contribution in [0.4, 0.5) is 4.39 Å². The number of halogens is 1. The Labute approximate surface area is 223 Å². The van der Waals surface area contributed by atoms with Crippen molar-refractivity contribution in [2.75, 3.05) is 45.9 Å². The summed E-state index contributed by atoms with van der Waals surface area (Å²) in [7, 11) is 0. The van der Waals surface area contributed by atoms with Gasteiger partial charge in [-0.15, -0.1) is 0 Å². The largest absolute Gasteiger partial charge is 0.379 e. The summed E-state index contributed by atoms with van der Waals surface area (Å²) in [5, 5.41) is 3.16. The van der Waals surface area contributed by atoms with Crippen LogP contribution in [0.2, 0.25) is 0 Å². The van der Waals surface area contributed by atoms with Gasteiger partial charge in [-0.1, -0.05) is 0 Å². The Kier molecular flexibility index (Phi) is 8.60. The van der Waals surface area contributed by atoms with Crippen LogP contribution in [0.5, 0.6) is 0 Å². The first kappa shape index (κ1) is 27.0. The first-order valence-electron chi connectivity index (χ1n) is 14.1. The molecule has 4 aliphatic rings. The number of nitrogens with two attached hydrogens (primary N) is 1. The van der Waals surface area contributed by atoms with Crippen LogP contribution < -0.4 is 11.1 Å². The maximum atomic E-state index is 13.6. The first-order chi connectivity index (χ1) is 18.4. The predicted molar refractivity (Wildman–Crippen MR) is 140 cm³/mol. The number of likely N-dealkylation sites (tertiary alicyclic amines) is 1. The van der Waals surface area contributed by atoms with Crippen molar-refractivity contribution in [2.45, 2.75) is 69.1 Å². The molecule has 2 heterocycles. The highest BCUT2D eigenvalue weighted by molar-refractivity contribution is 5.98. The fourth-order valence-electron chi connectivity index (χ4n) is 5.94. The minimum Gasteiger partial charge on any atom is -0.379 e. The van der Waals surface area contributed by atoms with E-state index in [0.717, 1.165) is 58.2 Å². The molecule has 10 heteroatoms. The molecule has 208 valence electrons. The van der Waals surface area contributed by atoms with Crippen LogP contribution in [0, 0.1) is 11.7 Å². The summed E-state index contributed by atoms with van der Waals surface area (Å²) in [5.41, 5.74) is 6.37. The zero-order chi connectivity index (χ0) is 26.6. The summed E-state index contributed by atoms with van der Waals surface area (Å²) >= 11 is 0. The highest BCUT2D eigenvalue weighted by Crippen LogP contribution is 2.34. The normalized spacial score (nSPS) is 28.2. The van der Waals surface area contributed by atoms with E-state index in [4.69, 9.17) is 10.5 Å². The van der Waals surface area contributed by atoms with Gasteiger partial charge in [0.15, 0.2) is 0 Å². The Hall–Kier alpha value is -2.56. The van der Waals surface area contributed by atoms with Crippen LogP contribution >= 0.6 is 0 Å². The molecule has 2 unspecified atom stereocenters. The fourth-order valence-corrected chi connectivity index (χ4v) is 5.94. The number of nitrogens with one attached hydrogen (secondary N) is 1. The number of nitrogens with zero attached hydrogens (tertiary/aromatic N) is 3. The zero-order valence-corrected chi connectivity index (χ0v) is 22.0. The summed E-state index contributed by atoms with van der Waals surface area (Å²) < 4.78 is 19.0. The number of carbonyl (C=O) groups is 3. The van der Waals surface area contributed by atoms with Crippen LogP contribution in [-0.2, 0) is 14.3 Å². The summed E-state index contributed by atoms with van der Waals surface area (Å²) in [5.74, 6) is -0.754. The van der Waals surface area contributed by atoms with E-state index in [-0.39, 0.29) is 48.3 Å². The number of hydrogen-bond donors (Lipinski definition) is 2. The topological polar surface area (TPSA) is 108 Å². The minimum absolute atomic E-state index is 0.0367. The summed E-state index contributed by atoms with van der Waals surface area (Å²) in [6, 6.07) is 4.69. The average molecular weight is 530 g/mol. The lowest BCUT2D eigenvalue weighted by molar-refractivity contribution is -0.135. The Bertz CT molecular complexity index is 989. The van der Waals surface area contributed by atoms with Crippen molar-refractivity contribution < 1.29 is 23.5 Å². The Morgan fingerprint density at radius 3 is 2.37 bits per heavy atom. The van der Waals surface area contributed by atoms with Crippen LogP contribution in [0.25, 0.3) is 0 Å². The average Bonchev–Trinajstić information content (AvgIpc) is 3.69. The van der Waals surface area contributed by atoms with Gasteiger partial charge in [-0.25, -0.2) is 4.39 Å². The van der Waals surface area contributed by atoms with Crippen molar-refractivity contribution in [3.05, 3.63) is 35.6 Å². The van der Waals surface area contributed by atoms with E-state index >= 15 is 0 Å². The Morgan fingerprint density at radius 1 is 1.03 bits per heavy atom. The molecule has 0 aromatic heterocycles. The van der Waals surface area contributed by atoms with Gasteiger partial charge in [-0.05, 0) is 69.2 Å². The SMILES string of the molecule is NC1CCC(NC(=O)C2CC(N(CCN3CCOCC3)C(=O)C3CC3)CN2C(=O)c2ccc(F)cc2)CC1. The number of rotatable bonds is 8. The Morgan fingerprint density at radius 2 is 1.71 bits per heavy atom. The third-order valence-electron chi connectivity index (χ3n) is 8.46.